The third-order valence-corrected chi connectivity index (χ3v) is 3.84. The Morgan fingerprint density at radius 2 is 2.00 bits per heavy atom. The first-order valence-electron chi connectivity index (χ1n) is 5.26. The number of benzene rings is 1. The van der Waals surface area contributed by atoms with Gasteiger partial charge in [-0.15, -0.1) is 0 Å². The Labute approximate surface area is 118 Å². The van der Waals surface area contributed by atoms with E-state index in [2.05, 4.69) is 55.2 Å². The molecule has 0 unspecified atom stereocenters. The number of anilines is 1. The summed E-state index contributed by atoms with van der Waals surface area (Å²) in [6, 6.07) is 10.1. The van der Waals surface area contributed by atoms with Crippen LogP contribution in [0, 0.1) is 6.92 Å². The fourth-order valence-corrected chi connectivity index (χ4v) is 2.10. The van der Waals surface area contributed by atoms with E-state index in [1.54, 1.807) is 0 Å². The summed E-state index contributed by atoms with van der Waals surface area (Å²) >= 11 is 6.89. The van der Waals surface area contributed by atoms with Crippen LogP contribution in [-0.4, -0.2) is 4.98 Å². The van der Waals surface area contributed by atoms with E-state index in [0.29, 0.717) is 0 Å². The van der Waals surface area contributed by atoms with Crippen molar-refractivity contribution < 1.29 is 0 Å². The van der Waals surface area contributed by atoms with Crippen LogP contribution in [0.1, 0.15) is 11.3 Å². The Morgan fingerprint density at radius 3 is 2.71 bits per heavy atom. The van der Waals surface area contributed by atoms with Crippen LogP contribution in [0.15, 0.2) is 45.5 Å². The zero-order valence-electron chi connectivity index (χ0n) is 9.37. The first kappa shape index (κ1) is 12.6. The van der Waals surface area contributed by atoms with Gasteiger partial charge < -0.3 is 5.32 Å². The van der Waals surface area contributed by atoms with Gasteiger partial charge in [-0.25, -0.2) is 0 Å². The Hall–Kier alpha value is -0.870. The number of hydrogen-bond acceptors (Lipinski definition) is 2. The first-order valence-corrected chi connectivity index (χ1v) is 6.85. The highest BCUT2D eigenvalue weighted by Gasteiger charge is 2.01. The number of pyridine rings is 1. The van der Waals surface area contributed by atoms with Gasteiger partial charge in [0.05, 0.1) is 12.2 Å². The smallest absolute Gasteiger partial charge is 0.0595 e. The predicted octanol–water partition coefficient (Wildman–Crippen LogP) is 4.53. The van der Waals surface area contributed by atoms with Gasteiger partial charge in [0.25, 0.3) is 0 Å². The van der Waals surface area contributed by atoms with E-state index in [1.807, 2.05) is 30.5 Å². The summed E-state index contributed by atoms with van der Waals surface area (Å²) in [7, 11) is 0. The Balaban J connectivity index is 2.07. The predicted molar refractivity (Wildman–Crippen MR) is 78.1 cm³/mol. The molecule has 0 fully saturated rings. The summed E-state index contributed by atoms with van der Waals surface area (Å²) < 4.78 is 2.12. The third-order valence-electron chi connectivity index (χ3n) is 2.52. The maximum Gasteiger partial charge on any atom is 0.0595 e. The van der Waals surface area contributed by atoms with E-state index in [9.17, 15) is 0 Å². The molecule has 0 atom stereocenters. The Bertz CT molecular complexity index is 509. The standard InChI is InChI=1S/C13H12Br2N2/c1-9-12(15)3-2-4-13(9)17-8-11-6-5-10(14)7-16-11/h2-7,17H,8H2,1H3. The lowest BCUT2D eigenvalue weighted by Gasteiger charge is -2.10. The van der Waals surface area contributed by atoms with Crippen LogP contribution in [0.25, 0.3) is 0 Å². The van der Waals surface area contributed by atoms with Crippen molar-refractivity contribution >= 4 is 37.5 Å². The van der Waals surface area contributed by atoms with Crippen LogP contribution in [0.3, 0.4) is 0 Å². The van der Waals surface area contributed by atoms with Crippen LogP contribution in [0.2, 0.25) is 0 Å². The highest BCUT2D eigenvalue weighted by Crippen LogP contribution is 2.23. The molecule has 0 bridgehead atoms. The van der Waals surface area contributed by atoms with Gasteiger partial charge in [0, 0.05) is 20.8 Å². The van der Waals surface area contributed by atoms with Crippen LogP contribution >= 0.6 is 31.9 Å². The molecule has 0 spiro atoms. The SMILES string of the molecule is Cc1c(Br)cccc1NCc1ccc(Br)cn1. The minimum atomic E-state index is 0.727. The van der Waals surface area contributed by atoms with E-state index in [0.717, 1.165) is 26.9 Å². The van der Waals surface area contributed by atoms with Crippen molar-refractivity contribution in [2.45, 2.75) is 13.5 Å². The molecule has 0 saturated heterocycles. The molecule has 0 aliphatic heterocycles. The lowest BCUT2D eigenvalue weighted by molar-refractivity contribution is 1.04. The van der Waals surface area contributed by atoms with E-state index < -0.39 is 0 Å². The number of halogens is 2. The summed E-state index contributed by atoms with van der Waals surface area (Å²) in [5.41, 5.74) is 3.36. The average Bonchev–Trinajstić information content (AvgIpc) is 2.33. The molecule has 2 rings (SSSR count). The molecule has 0 aliphatic rings. The second kappa shape index (κ2) is 5.65. The molecule has 0 amide bonds. The largest absolute Gasteiger partial charge is 0.379 e. The van der Waals surface area contributed by atoms with Gasteiger partial charge >= 0.3 is 0 Å². The lowest BCUT2D eigenvalue weighted by atomic mass is 10.2. The number of hydrogen-bond donors (Lipinski definition) is 1. The Kier molecular flexibility index (Phi) is 4.18. The van der Waals surface area contributed by atoms with Crippen LogP contribution in [0.4, 0.5) is 5.69 Å². The third kappa shape index (κ3) is 3.30. The van der Waals surface area contributed by atoms with Crippen molar-refractivity contribution in [3.63, 3.8) is 0 Å². The van der Waals surface area contributed by atoms with Gasteiger partial charge in [-0.3, -0.25) is 4.98 Å². The van der Waals surface area contributed by atoms with Crippen molar-refractivity contribution in [2.24, 2.45) is 0 Å². The van der Waals surface area contributed by atoms with Crippen molar-refractivity contribution in [3.8, 4) is 0 Å². The molecule has 0 aliphatic carbocycles. The number of aromatic nitrogens is 1. The lowest BCUT2D eigenvalue weighted by Crippen LogP contribution is -2.02. The minimum absolute atomic E-state index is 0.727. The molecule has 0 saturated carbocycles. The average molecular weight is 356 g/mol. The zero-order chi connectivity index (χ0) is 12.3. The second-order valence-electron chi connectivity index (χ2n) is 3.73. The molecular weight excluding hydrogens is 344 g/mol. The molecule has 17 heavy (non-hydrogen) atoms. The molecule has 1 N–H and O–H groups in total. The topological polar surface area (TPSA) is 24.9 Å². The molecule has 2 aromatic rings. The van der Waals surface area contributed by atoms with Crippen molar-refractivity contribution in [3.05, 3.63) is 56.7 Å². The highest BCUT2D eigenvalue weighted by molar-refractivity contribution is 9.10. The number of rotatable bonds is 3. The minimum Gasteiger partial charge on any atom is -0.379 e. The maximum absolute atomic E-state index is 4.32. The quantitative estimate of drug-likeness (QED) is 0.875. The van der Waals surface area contributed by atoms with Gasteiger partial charge in [0.15, 0.2) is 0 Å². The molecule has 2 nitrogen and oxygen atoms in total. The number of nitrogens with zero attached hydrogens (tertiary/aromatic N) is 1. The summed E-state index contributed by atoms with van der Waals surface area (Å²) in [6.07, 6.45) is 1.81. The maximum atomic E-state index is 4.32. The van der Waals surface area contributed by atoms with Gasteiger partial charge in [-0.1, -0.05) is 22.0 Å². The summed E-state index contributed by atoms with van der Waals surface area (Å²) in [4.78, 5) is 4.32. The van der Waals surface area contributed by atoms with Crippen molar-refractivity contribution in [1.29, 1.82) is 0 Å². The van der Waals surface area contributed by atoms with Crippen LogP contribution in [-0.2, 0) is 6.54 Å². The molecule has 1 aromatic heterocycles. The van der Waals surface area contributed by atoms with Gasteiger partial charge in [0.2, 0.25) is 0 Å². The molecule has 88 valence electrons. The van der Waals surface area contributed by atoms with E-state index in [-0.39, 0.29) is 0 Å². The number of nitrogens with one attached hydrogen (secondary N) is 1. The summed E-state index contributed by atoms with van der Waals surface area (Å²) in [5.74, 6) is 0. The molecule has 1 heterocycles. The molecule has 0 radical (unpaired) electrons. The van der Waals surface area contributed by atoms with Crippen LogP contribution in [0.5, 0.6) is 0 Å². The van der Waals surface area contributed by atoms with Crippen molar-refractivity contribution in [2.75, 3.05) is 5.32 Å². The van der Waals surface area contributed by atoms with Crippen LogP contribution < -0.4 is 5.32 Å². The van der Waals surface area contributed by atoms with Gasteiger partial charge in [-0.05, 0) is 52.7 Å². The highest BCUT2D eigenvalue weighted by atomic mass is 79.9. The van der Waals surface area contributed by atoms with Gasteiger partial charge in [-0.2, -0.15) is 0 Å². The normalized spacial score (nSPS) is 10.3. The summed E-state index contributed by atoms with van der Waals surface area (Å²) in [6.45, 7) is 2.81. The van der Waals surface area contributed by atoms with Crippen molar-refractivity contribution in [1.82, 2.24) is 4.98 Å². The van der Waals surface area contributed by atoms with E-state index >= 15 is 0 Å². The summed E-state index contributed by atoms with van der Waals surface area (Å²) in [5, 5.41) is 3.38. The Morgan fingerprint density at radius 1 is 1.18 bits per heavy atom. The molecule has 4 heteroatoms. The van der Waals surface area contributed by atoms with E-state index in [1.165, 1.54) is 5.56 Å². The van der Waals surface area contributed by atoms with Gasteiger partial charge in [0.1, 0.15) is 0 Å². The monoisotopic (exact) mass is 354 g/mol. The van der Waals surface area contributed by atoms with E-state index in [4.69, 9.17) is 0 Å². The fraction of sp³-hybridized carbons (Fsp3) is 0.154. The molecular formula is C13H12Br2N2. The fourth-order valence-electron chi connectivity index (χ4n) is 1.50. The molecule has 1 aromatic carbocycles. The zero-order valence-corrected chi connectivity index (χ0v) is 12.5. The second-order valence-corrected chi connectivity index (χ2v) is 5.50. The first-order chi connectivity index (χ1) is 8.16.